The highest BCUT2D eigenvalue weighted by atomic mass is 16.5. The minimum absolute atomic E-state index is 0.382. The van der Waals surface area contributed by atoms with E-state index in [1.165, 1.54) is 13.0 Å². The van der Waals surface area contributed by atoms with Crippen LogP contribution in [0.5, 0.6) is 5.75 Å². The van der Waals surface area contributed by atoms with E-state index in [2.05, 4.69) is 5.32 Å². The van der Waals surface area contributed by atoms with Crippen molar-refractivity contribution in [3.63, 3.8) is 0 Å². The highest BCUT2D eigenvalue weighted by Gasteiger charge is 2.16. The van der Waals surface area contributed by atoms with Gasteiger partial charge in [0.2, 0.25) is 0 Å². The third-order valence-corrected chi connectivity index (χ3v) is 3.57. The SMILES string of the molecule is CCOc1ccccc1/C=C/C(=O)O[C@H](C)C(=O)Nc1cccc(C)c1. The van der Waals surface area contributed by atoms with Gasteiger partial charge in [0.05, 0.1) is 6.61 Å². The summed E-state index contributed by atoms with van der Waals surface area (Å²) in [4.78, 5) is 24.1. The largest absolute Gasteiger partial charge is 0.493 e. The van der Waals surface area contributed by atoms with Crippen LogP contribution < -0.4 is 10.1 Å². The van der Waals surface area contributed by atoms with Crippen LogP contribution in [0.25, 0.3) is 6.08 Å². The summed E-state index contributed by atoms with van der Waals surface area (Å²) < 4.78 is 10.7. The number of carbonyl (C=O) groups excluding carboxylic acids is 2. The van der Waals surface area contributed by atoms with Crippen LogP contribution in [0, 0.1) is 6.92 Å². The normalized spacial score (nSPS) is 11.8. The lowest BCUT2D eigenvalue weighted by Gasteiger charge is -2.12. The van der Waals surface area contributed by atoms with Gasteiger partial charge >= 0.3 is 5.97 Å². The summed E-state index contributed by atoms with van der Waals surface area (Å²) in [5, 5.41) is 2.73. The molecule has 2 aromatic rings. The molecule has 2 aromatic carbocycles. The Morgan fingerprint density at radius 2 is 1.92 bits per heavy atom. The van der Waals surface area contributed by atoms with Gasteiger partial charge in [-0.15, -0.1) is 0 Å². The quantitative estimate of drug-likeness (QED) is 0.604. The molecule has 5 heteroatoms. The van der Waals surface area contributed by atoms with Crippen molar-refractivity contribution >= 4 is 23.6 Å². The van der Waals surface area contributed by atoms with Crippen LogP contribution in [-0.4, -0.2) is 24.6 Å². The number of anilines is 1. The number of para-hydroxylation sites is 1. The minimum atomic E-state index is -0.908. The number of benzene rings is 2. The lowest BCUT2D eigenvalue weighted by Crippen LogP contribution is -2.29. The molecule has 0 heterocycles. The highest BCUT2D eigenvalue weighted by Crippen LogP contribution is 2.19. The lowest BCUT2D eigenvalue weighted by atomic mass is 10.2. The standard InChI is InChI=1S/C21H23NO4/c1-4-25-19-11-6-5-9-17(19)12-13-20(23)26-16(3)21(24)22-18-10-7-8-15(2)14-18/h5-14,16H,4H2,1-3H3,(H,22,24)/b13-12+/t16-/m1/s1. The van der Waals surface area contributed by atoms with Crippen LogP contribution in [0.4, 0.5) is 5.69 Å². The van der Waals surface area contributed by atoms with Gasteiger partial charge in [-0.05, 0) is 50.6 Å². The number of aryl methyl sites for hydroxylation is 1. The van der Waals surface area contributed by atoms with E-state index in [0.29, 0.717) is 18.0 Å². The van der Waals surface area contributed by atoms with E-state index in [0.717, 1.165) is 11.1 Å². The van der Waals surface area contributed by atoms with Crippen molar-refractivity contribution < 1.29 is 19.1 Å². The summed E-state index contributed by atoms with van der Waals surface area (Å²) in [5.74, 6) is -0.292. The van der Waals surface area contributed by atoms with E-state index in [1.807, 2.05) is 56.3 Å². The Bertz CT molecular complexity index is 798. The fourth-order valence-corrected chi connectivity index (χ4v) is 2.30. The Labute approximate surface area is 153 Å². The second-order valence-corrected chi connectivity index (χ2v) is 5.74. The summed E-state index contributed by atoms with van der Waals surface area (Å²) in [6.07, 6.45) is 1.99. The summed E-state index contributed by atoms with van der Waals surface area (Å²) >= 11 is 0. The van der Waals surface area contributed by atoms with Crippen LogP contribution in [0.2, 0.25) is 0 Å². The maximum Gasteiger partial charge on any atom is 0.331 e. The van der Waals surface area contributed by atoms with Gasteiger partial charge in [0.25, 0.3) is 5.91 Å². The zero-order valence-electron chi connectivity index (χ0n) is 15.2. The molecule has 2 rings (SSSR count). The van der Waals surface area contributed by atoms with Crippen LogP contribution >= 0.6 is 0 Å². The van der Waals surface area contributed by atoms with E-state index < -0.39 is 12.1 Å². The zero-order chi connectivity index (χ0) is 18.9. The molecule has 0 saturated carbocycles. The van der Waals surface area contributed by atoms with Gasteiger partial charge in [-0.2, -0.15) is 0 Å². The maximum absolute atomic E-state index is 12.1. The Balaban J connectivity index is 1.93. The molecule has 26 heavy (non-hydrogen) atoms. The molecule has 0 saturated heterocycles. The third kappa shape index (κ3) is 5.77. The first kappa shape index (κ1) is 19.2. The van der Waals surface area contributed by atoms with Crippen molar-refractivity contribution in [2.75, 3.05) is 11.9 Å². The summed E-state index contributed by atoms with van der Waals surface area (Å²) in [6, 6.07) is 14.8. The Kier molecular flexibility index (Phi) is 6.97. The summed E-state index contributed by atoms with van der Waals surface area (Å²) in [7, 11) is 0. The van der Waals surface area contributed by atoms with Crippen LogP contribution in [0.3, 0.4) is 0 Å². The fourth-order valence-electron chi connectivity index (χ4n) is 2.30. The topological polar surface area (TPSA) is 64.6 Å². The van der Waals surface area contributed by atoms with E-state index in [9.17, 15) is 9.59 Å². The molecule has 1 atom stereocenters. The van der Waals surface area contributed by atoms with Gasteiger partial charge < -0.3 is 14.8 Å². The molecule has 0 unspecified atom stereocenters. The number of esters is 1. The van der Waals surface area contributed by atoms with Crippen molar-refractivity contribution in [3.05, 3.63) is 65.7 Å². The van der Waals surface area contributed by atoms with Crippen LogP contribution in [-0.2, 0) is 14.3 Å². The molecule has 1 amide bonds. The molecule has 0 aliphatic rings. The highest BCUT2D eigenvalue weighted by molar-refractivity contribution is 5.96. The minimum Gasteiger partial charge on any atom is -0.493 e. The van der Waals surface area contributed by atoms with Crippen molar-refractivity contribution in [2.45, 2.75) is 26.9 Å². The Morgan fingerprint density at radius 1 is 1.15 bits per heavy atom. The number of rotatable bonds is 7. The maximum atomic E-state index is 12.1. The monoisotopic (exact) mass is 353 g/mol. The molecule has 0 aromatic heterocycles. The Hall–Kier alpha value is -3.08. The van der Waals surface area contributed by atoms with E-state index in [1.54, 1.807) is 12.1 Å². The molecule has 1 N–H and O–H groups in total. The van der Waals surface area contributed by atoms with Crippen molar-refractivity contribution in [1.29, 1.82) is 0 Å². The number of amides is 1. The first-order chi connectivity index (χ1) is 12.5. The van der Waals surface area contributed by atoms with Crippen molar-refractivity contribution in [1.82, 2.24) is 0 Å². The average Bonchev–Trinajstić information content (AvgIpc) is 2.61. The predicted octanol–water partition coefficient (Wildman–Crippen LogP) is 3.98. The van der Waals surface area contributed by atoms with Gasteiger partial charge in [-0.3, -0.25) is 4.79 Å². The second-order valence-electron chi connectivity index (χ2n) is 5.74. The average molecular weight is 353 g/mol. The van der Waals surface area contributed by atoms with Crippen molar-refractivity contribution in [2.24, 2.45) is 0 Å². The summed E-state index contributed by atoms with van der Waals surface area (Å²) in [6.45, 7) is 5.89. The first-order valence-corrected chi connectivity index (χ1v) is 8.47. The number of carbonyl (C=O) groups is 2. The van der Waals surface area contributed by atoms with Crippen LogP contribution in [0.1, 0.15) is 25.0 Å². The molecule has 0 aliphatic heterocycles. The molecular weight excluding hydrogens is 330 g/mol. The zero-order valence-corrected chi connectivity index (χ0v) is 15.2. The smallest absolute Gasteiger partial charge is 0.331 e. The number of hydrogen-bond acceptors (Lipinski definition) is 4. The first-order valence-electron chi connectivity index (χ1n) is 8.47. The van der Waals surface area contributed by atoms with E-state index in [-0.39, 0.29) is 5.91 Å². The van der Waals surface area contributed by atoms with Gasteiger partial charge in [-0.25, -0.2) is 4.79 Å². The van der Waals surface area contributed by atoms with Gasteiger partial charge in [-0.1, -0.05) is 30.3 Å². The van der Waals surface area contributed by atoms with E-state index in [4.69, 9.17) is 9.47 Å². The number of hydrogen-bond donors (Lipinski definition) is 1. The number of nitrogens with one attached hydrogen (secondary N) is 1. The molecule has 0 aliphatic carbocycles. The molecule has 136 valence electrons. The van der Waals surface area contributed by atoms with E-state index >= 15 is 0 Å². The molecule has 0 radical (unpaired) electrons. The molecule has 0 fully saturated rings. The van der Waals surface area contributed by atoms with Crippen molar-refractivity contribution in [3.8, 4) is 5.75 Å². The third-order valence-electron chi connectivity index (χ3n) is 3.57. The Morgan fingerprint density at radius 3 is 2.65 bits per heavy atom. The number of ether oxygens (including phenoxy) is 2. The molecular formula is C21H23NO4. The van der Waals surface area contributed by atoms with Crippen LogP contribution in [0.15, 0.2) is 54.6 Å². The second kappa shape index (κ2) is 9.42. The molecule has 5 nitrogen and oxygen atoms in total. The van der Waals surface area contributed by atoms with Gasteiger partial charge in [0.1, 0.15) is 5.75 Å². The summed E-state index contributed by atoms with van der Waals surface area (Å²) in [5.41, 5.74) is 2.46. The lowest BCUT2D eigenvalue weighted by molar-refractivity contribution is -0.148. The van der Waals surface area contributed by atoms with Gasteiger partial charge in [0.15, 0.2) is 6.10 Å². The molecule has 0 bridgehead atoms. The molecule has 0 spiro atoms. The predicted molar refractivity (Wildman–Crippen MR) is 102 cm³/mol. The van der Waals surface area contributed by atoms with Gasteiger partial charge in [0, 0.05) is 17.3 Å². The fraction of sp³-hybridized carbons (Fsp3) is 0.238.